The summed E-state index contributed by atoms with van der Waals surface area (Å²) in [6.45, 7) is 4.00. The Hall–Kier alpha value is -1.60. The Balaban J connectivity index is 2.23. The van der Waals surface area contributed by atoms with Crippen molar-refractivity contribution in [3.63, 3.8) is 0 Å². The topological polar surface area (TPSA) is 17.1 Å². The van der Waals surface area contributed by atoms with E-state index in [9.17, 15) is 4.79 Å². The lowest BCUT2D eigenvalue weighted by molar-refractivity contribution is 0.0987. The summed E-state index contributed by atoms with van der Waals surface area (Å²) in [7, 11) is 0. The van der Waals surface area contributed by atoms with Crippen LogP contribution in [0.15, 0.2) is 48.5 Å². The number of hydrogen-bond acceptors (Lipinski definition) is 1. The molecule has 0 saturated heterocycles. The normalized spacial score (nSPS) is 12.2. The quantitative estimate of drug-likeness (QED) is 0.587. The molecular formula is C16H15ClO. The maximum absolute atomic E-state index is 12.2. The largest absolute Gasteiger partial charge is 0.292 e. The Morgan fingerprint density at radius 3 is 1.83 bits per heavy atom. The van der Waals surface area contributed by atoms with Gasteiger partial charge in [0.25, 0.3) is 0 Å². The van der Waals surface area contributed by atoms with Crippen molar-refractivity contribution in [2.75, 3.05) is 0 Å². The second kappa shape index (κ2) is 5.36. The van der Waals surface area contributed by atoms with E-state index in [1.807, 2.05) is 62.4 Å². The summed E-state index contributed by atoms with van der Waals surface area (Å²) >= 11 is 6.23. The van der Waals surface area contributed by atoms with Crippen LogP contribution in [0.4, 0.5) is 0 Å². The van der Waals surface area contributed by atoms with Crippen LogP contribution >= 0.6 is 11.6 Å². The third-order valence-corrected chi connectivity index (χ3v) is 3.39. The molecule has 92 valence electrons. The SMILES string of the molecule is Cc1ccc(C(=O)C(Cl)c2ccc(C)cc2)cc1. The van der Waals surface area contributed by atoms with Crippen LogP contribution in [0.2, 0.25) is 0 Å². The van der Waals surface area contributed by atoms with Gasteiger partial charge in [-0.1, -0.05) is 59.7 Å². The van der Waals surface area contributed by atoms with Crippen LogP contribution < -0.4 is 0 Å². The molecule has 0 aliphatic carbocycles. The van der Waals surface area contributed by atoms with Crippen LogP contribution in [0.25, 0.3) is 0 Å². The number of ketones is 1. The molecule has 0 aromatic heterocycles. The number of Topliss-reactive ketones (excluding diaryl/α,β-unsaturated/α-hetero) is 1. The first-order valence-corrected chi connectivity index (χ1v) is 6.33. The van der Waals surface area contributed by atoms with Crippen molar-refractivity contribution in [1.29, 1.82) is 0 Å². The number of aryl methyl sites for hydroxylation is 2. The molecule has 0 spiro atoms. The van der Waals surface area contributed by atoms with Crippen molar-refractivity contribution in [2.45, 2.75) is 19.2 Å². The first-order chi connectivity index (χ1) is 8.58. The van der Waals surface area contributed by atoms with Gasteiger partial charge in [-0.25, -0.2) is 0 Å². The van der Waals surface area contributed by atoms with Crippen molar-refractivity contribution >= 4 is 17.4 Å². The zero-order valence-corrected chi connectivity index (χ0v) is 11.2. The lowest BCUT2D eigenvalue weighted by Gasteiger charge is -2.09. The molecule has 0 N–H and O–H groups in total. The molecular weight excluding hydrogens is 244 g/mol. The van der Waals surface area contributed by atoms with Crippen LogP contribution in [0.5, 0.6) is 0 Å². The number of halogens is 1. The average molecular weight is 259 g/mol. The van der Waals surface area contributed by atoms with Gasteiger partial charge in [0.2, 0.25) is 0 Å². The second-order valence-corrected chi connectivity index (χ2v) is 4.94. The number of alkyl halides is 1. The third-order valence-electron chi connectivity index (χ3n) is 2.94. The third kappa shape index (κ3) is 2.80. The highest BCUT2D eigenvalue weighted by Gasteiger charge is 2.18. The van der Waals surface area contributed by atoms with Gasteiger partial charge < -0.3 is 0 Å². The molecule has 0 aliphatic rings. The van der Waals surface area contributed by atoms with Gasteiger partial charge in [0.1, 0.15) is 5.38 Å². The molecule has 2 heteroatoms. The molecule has 0 fully saturated rings. The number of rotatable bonds is 3. The molecule has 0 amide bonds. The highest BCUT2D eigenvalue weighted by atomic mass is 35.5. The van der Waals surface area contributed by atoms with Crippen molar-refractivity contribution in [3.8, 4) is 0 Å². The molecule has 0 heterocycles. The monoisotopic (exact) mass is 258 g/mol. The standard InChI is InChI=1S/C16H15ClO/c1-11-3-7-13(8-4-11)15(17)16(18)14-9-5-12(2)6-10-14/h3-10,15H,1-2H3. The smallest absolute Gasteiger partial charge is 0.185 e. The minimum absolute atomic E-state index is 0.0551. The Labute approximate surface area is 112 Å². The fraction of sp³-hybridized carbons (Fsp3) is 0.188. The van der Waals surface area contributed by atoms with Gasteiger partial charge in [-0.2, -0.15) is 0 Å². The fourth-order valence-electron chi connectivity index (χ4n) is 1.75. The first kappa shape index (κ1) is 12.8. The average Bonchev–Trinajstić information content (AvgIpc) is 2.39. The Morgan fingerprint density at radius 1 is 0.889 bits per heavy atom. The molecule has 1 unspecified atom stereocenters. The van der Waals surface area contributed by atoms with E-state index < -0.39 is 5.38 Å². The van der Waals surface area contributed by atoms with E-state index in [4.69, 9.17) is 11.6 Å². The van der Waals surface area contributed by atoms with Crippen LogP contribution in [0.3, 0.4) is 0 Å². The molecule has 0 aliphatic heterocycles. The van der Waals surface area contributed by atoms with Crippen LogP contribution in [-0.4, -0.2) is 5.78 Å². The number of carbonyl (C=O) groups excluding carboxylic acids is 1. The number of benzene rings is 2. The molecule has 2 rings (SSSR count). The zero-order chi connectivity index (χ0) is 13.1. The summed E-state index contributed by atoms with van der Waals surface area (Å²) in [5.41, 5.74) is 3.78. The van der Waals surface area contributed by atoms with Gasteiger partial charge in [0.15, 0.2) is 5.78 Å². The number of hydrogen-bond donors (Lipinski definition) is 0. The van der Waals surface area contributed by atoms with E-state index in [-0.39, 0.29) is 5.78 Å². The van der Waals surface area contributed by atoms with E-state index in [1.54, 1.807) is 0 Å². The van der Waals surface area contributed by atoms with E-state index in [0.717, 1.165) is 16.7 Å². The minimum atomic E-state index is -0.617. The molecule has 1 atom stereocenters. The summed E-state index contributed by atoms with van der Waals surface area (Å²) in [4.78, 5) is 12.2. The Kier molecular flexibility index (Phi) is 3.83. The maximum atomic E-state index is 12.2. The minimum Gasteiger partial charge on any atom is -0.292 e. The van der Waals surface area contributed by atoms with Gasteiger partial charge in [-0.15, -0.1) is 11.6 Å². The molecule has 2 aromatic rings. The van der Waals surface area contributed by atoms with Crippen LogP contribution in [0.1, 0.15) is 32.4 Å². The van der Waals surface area contributed by atoms with Crippen LogP contribution in [-0.2, 0) is 0 Å². The van der Waals surface area contributed by atoms with Gasteiger partial charge in [-0.3, -0.25) is 4.79 Å². The summed E-state index contributed by atoms with van der Waals surface area (Å²) < 4.78 is 0. The summed E-state index contributed by atoms with van der Waals surface area (Å²) in [5, 5.41) is -0.617. The van der Waals surface area contributed by atoms with Crippen molar-refractivity contribution in [2.24, 2.45) is 0 Å². The maximum Gasteiger partial charge on any atom is 0.185 e. The van der Waals surface area contributed by atoms with Crippen molar-refractivity contribution in [1.82, 2.24) is 0 Å². The second-order valence-electron chi connectivity index (χ2n) is 4.50. The zero-order valence-electron chi connectivity index (χ0n) is 10.5. The molecule has 1 nitrogen and oxygen atoms in total. The van der Waals surface area contributed by atoms with Gasteiger partial charge >= 0.3 is 0 Å². The summed E-state index contributed by atoms with van der Waals surface area (Å²) in [6, 6.07) is 15.2. The van der Waals surface area contributed by atoms with Gasteiger partial charge in [0, 0.05) is 5.56 Å². The van der Waals surface area contributed by atoms with E-state index >= 15 is 0 Å². The molecule has 0 radical (unpaired) electrons. The lowest BCUT2D eigenvalue weighted by Crippen LogP contribution is -2.07. The summed E-state index contributed by atoms with van der Waals surface area (Å²) in [5.74, 6) is -0.0551. The summed E-state index contributed by atoms with van der Waals surface area (Å²) in [6.07, 6.45) is 0. The van der Waals surface area contributed by atoms with E-state index in [2.05, 4.69) is 0 Å². The predicted octanol–water partition coefficient (Wildman–Crippen LogP) is 4.47. The van der Waals surface area contributed by atoms with E-state index in [0.29, 0.717) is 5.56 Å². The Morgan fingerprint density at radius 2 is 1.33 bits per heavy atom. The first-order valence-electron chi connectivity index (χ1n) is 5.89. The van der Waals surface area contributed by atoms with Crippen molar-refractivity contribution in [3.05, 3.63) is 70.8 Å². The highest BCUT2D eigenvalue weighted by Crippen LogP contribution is 2.25. The molecule has 0 saturated carbocycles. The van der Waals surface area contributed by atoms with Gasteiger partial charge in [0.05, 0.1) is 0 Å². The fourth-order valence-corrected chi connectivity index (χ4v) is 2.02. The number of carbonyl (C=O) groups is 1. The van der Waals surface area contributed by atoms with E-state index in [1.165, 1.54) is 0 Å². The Bertz CT molecular complexity index is 540. The molecule has 18 heavy (non-hydrogen) atoms. The van der Waals surface area contributed by atoms with Crippen LogP contribution in [0, 0.1) is 13.8 Å². The van der Waals surface area contributed by atoms with Crippen molar-refractivity contribution < 1.29 is 4.79 Å². The highest BCUT2D eigenvalue weighted by molar-refractivity contribution is 6.33. The van der Waals surface area contributed by atoms with Gasteiger partial charge in [-0.05, 0) is 19.4 Å². The molecule has 0 bridgehead atoms. The predicted molar refractivity (Wildman–Crippen MR) is 75.3 cm³/mol. The molecule has 2 aromatic carbocycles. The lowest BCUT2D eigenvalue weighted by atomic mass is 10.0.